The zero-order valence-corrected chi connectivity index (χ0v) is 17.7. The van der Waals surface area contributed by atoms with E-state index in [1.807, 2.05) is 36.4 Å². The molecule has 0 spiro atoms. The van der Waals surface area contributed by atoms with Gasteiger partial charge < -0.3 is 10.2 Å². The van der Waals surface area contributed by atoms with Crippen molar-refractivity contribution in [3.8, 4) is 0 Å². The number of piperidine rings is 1. The van der Waals surface area contributed by atoms with Crippen LogP contribution in [0.4, 0.5) is 0 Å². The number of hydrogen-bond acceptors (Lipinski definition) is 2. The number of carbonyl (C=O) groups excluding carboxylic acids is 2. The van der Waals surface area contributed by atoms with Crippen LogP contribution in [0.15, 0.2) is 60.7 Å². The molecule has 30 heavy (non-hydrogen) atoms. The number of nitrogens with zero attached hydrogens (tertiary/aromatic N) is 1. The van der Waals surface area contributed by atoms with Gasteiger partial charge in [0.1, 0.15) is 0 Å². The predicted molar refractivity (Wildman–Crippen MR) is 119 cm³/mol. The fourth-order valence-corrected chi connectivity index (χ4v) is 5.25. The van der Waals surface area contributed by atoms with E-state index in [4.69, 9.17) is 0 Å². The molecule has 1 aliphatic carbocycles. The van der Waals surface area contributed by atoms with Gasteiger partial charge >= 0.3 is 0 Å². The van der Waals surface area contributed by atoms with Crippen molar-refractivity contribution in [2.75, 3.05) is 13.1 Å². The lowest BCUT2D eigenvalue weighted by molar-refractivity contribution is -0.141. The van der Waals surface area contributed by atoms with Crippen LogP contribution in [0.25, 0.3) is 0 Å². The van der Waals surface area contributed by atoms with Gasteiger partial charge in [-0.05, 0) is 56.2 Å². The first-order valence-electron chi connectivity index (χ1n) is 11.4. The molecule has 2 fully saturated rings. The summed E-state index contributed by atoms with van der Waals surface area (Å²) in [4.78, 5) is 28.4. The lowest BCUT2D eigenvalue weighted by Crippen LogP contribution is -2.52. The standard InChI is InChI=1S/C26H32N2O2/c29-24(21-11-3-1-4-12-21)27-19-16-23-15-7-10-20-28(23)25(30)26(17-8-9-18-26)22-13-5-2-6-14-22/h1-6,11-14,23H,7-10,15-20H2,(H,27,29)/t23-/m0/s1. The summed E-state index contributed by atoms with van der Waals surface area (Å²) in [6, 6.07) is 19.9. The van der Waals surface area contributed by atoms with Gasteiger partial charge in [-0.1, -0.05) is 61.4 Å². The van der Waals surface area contributed by atoms with Gasteiger partial charge in [-0.25, -0.2) is 0 Å². The SMILES string of the molecule is O=C(NCC[C@@H]1CCCCN1C(=O)C1(c2ccccc2)CCCC1)c1ccccc1. The monoisotopic (exact) mass is 404 g/mol. The lowest BCUT2D eigenvalue weighted by Gasteiger charge is -2.42. The van der Waals surface area contributed by atoms with Gasteiger partial charge in [0.25, 0.3) is 5.91 Å². The fourth-order valence-electron chi connectivity index (χ4n) is 5.25. The van der Waals surface area contributed by atoms with Crippen LogP contribution in [0.2, 0.25) is 0 Å². The maximum absolute atomic E-state index is 13.9. The minimum atomic E-state index is -0.357. The van der Waals surface area contributed by atoms with Gasteiger partial charge in [-0.2, -0.15) is 0 Å². The molecule has 0 unspecified atom stereocenters. The van der Waals surface area contributed by atoms with Crippen molar-refractivity contribution in [3.05, 3.63) is 71.8 Å². The molecular formula is C26H32N2O2. The normalized spacial score (nSPS) is 20.7. The molecule has 158 valence electrons. The zero-order valence-electron chi connectivity index (χ0n) is 17.7. The Kier molecular flexibility index (Phi) is 6.51. The van der Waals surface area contributed by atoms with Crippen molar-refractivity contribution in [1.82, 2.24) is 10.2 Å². The average molecular weight is 405 g/mol. The molecule has 1 N–H and O–H groups in total. The molecule has 1 saturated heterocycles. The molecule has 0 aromatic heterocycles. The van der Waals surface area contributed by atoms with Gasteiger partial charge in [0, 0.05) is 24.7 Å². The predicted octanol–water partition coefficient (Wildman–Crippen LogP) is 4.70. The van der Waals surface area contributed by atoms with Crippen LogP contribution < -0.4 is 5.32 Å². The van der Waals surface area contributed by atoms with Gasteiger partial charge in [0.2, 0.25) is 5.91 Å². The van der Waals surface area contributed by atoms with Crippen LogP contribution >= 0.6 is 0 Å². The van der Waals surface area contributed by atoms with E-state index in [0.29, 0.717) is 18.0 Å². The number of carbonyl (C=O) groups is 2. The molecule has 2 aromatic rings. The van der Waals surface area contributed by atoms with E-state index in [2.05, 4.69) is 34.5 Å². The van der Waals surface area contributed by atoms with Crippen LogP contribution in [-0.4, -0.2) is 35.8 Å². The van der Waals surface area contributed by atoms with E-state index in [9.17, 15) is 9.59 Å². The van der Waals surface area contributed by atoms with Crippen LogP contribution in [0, 0.1) is 0 Å². The quantitative estimate of drug-likeness (QED) is 0.759. The van der Waals surface area contributed by atoms with Crippen LogP contribution in [0.5, 0.6) is 0 Å². The maximum Gasteiger partial charge on any atom is 0.251 e. The third kappa shape index (κ3) is 4.28. The Bertz CT molecular complexity index is 844. The molecule has 2 aliphatic rings. The highest BCUT2D eigenvalue weighted by molar-refractivity contribution is 5.94. The van der Waals surface area contributed by atoms with Crippen molar-refractivity contribution >= 4 is 11.8 Å². The molecule has 0 radical (unpaired) electrons. The van der Waals surface area contributed by atoms with Gasteiger partial charge in [-0.15, -0.1) is 0 Å². The first kappa shape index (κ1) is 20.6. The minimum absolute atomic E-state index is 0.0409. The molecule has 1 saturated carbocycles. The number of rotatable bonds is 6. The topological polar surface area (TPSA) is 49.4 Å². The van der Waals surface area contributed by atoms with Crippen molar-refractivity contribution in [2.45, 2.75) is 62.8 Å². The Morgan fingerprint density at radius 3 is 2.27 bits per heavy atom. The molecule has 1 atom stereocenters. The Morgan fingerprint density at radius 1 is 0.900 bits per heavy atom. The molecule has 4 rings (SSSR count). The van der Waals surface area contributed by atoms with E-state index in [-0.39, 0.29) is 17.4 Å². The lowest BCUT2D eigenvalue weighted by atomic mass is 9.76. The molecule has 4 heteroatoms. The zero-order chi connectivity index (χ0) is 20.8. The molecular weight excluding hydrogens is 372 g/mol. The highest BCUT2D eigenvalue weighted by atomic mass is 16.2. The Labute approximate surface area is 179 Å². The summed E-state index contributed by atoms with van der Waals surface area (Å²) >= 11 is 0. The smallest absolute Gasteiger partial charge is 0.251 e. The Balaban J connectivity index is 1.44. The summed E-state index contributed by atoms with van der Waals surface area (Å²) in [7, 11) is 0. The van der Waals surface area contributed by atoms with Gasteiger partial charge in [0.15, 0.2) is 0 Å². The summed E-state index contributed by atoms with van der Waals surface area (Å²) in [5, 5.41) is 3.04. The second-order valence-electron chi connectivity index (χ2n) is 8.71. The highest BCUT2D eigenvalue weighted by Gasteiger charge is 2.46. The largest absolute Gasteiger partial charge is 0.352 e. The van der Waals surface area contributed by atoms with Gasteiger partial charge in [0.05, 0.1) is 5.41 Å². The van der Waals surface area contributed by atoms with Crippen LogP contribution in [-0.2, 0) is 10.2 Å². The first-order chi connectivity index (χ1) is 14.7. The third-order valence-corrected chi connectivity index (χ3v) is 6.88. The number of benzene rings is 2. The van der Waals surface area contributed by atoms with Crippen molar-refractivity contribution in [1.29, 1.82) is 0 Å². The van der Waals surface area contributed by atoms with E-state index >= 15 is 0 Å². The number of hydrogen-bond donors (Lipinski definition) is 1. The molecule has 2 amide bonds. The molecule has 2 aromatic carbocycles. The maximum atomic E-state index is 13.9. The Hall–Kier alpha value is -2.62. The molecule has 1 aliphatic heterocycles. The van der Waals surface area contributed by atoms with Gasteiger partial charge in [-0.3, -0.25) is 9.59 Å². The summed E-state index contributed by atoms with van der Waals surface area (Å²) in [5.74, 6) is 0.270. The first-order valence-corrected chi connectivity index (χ1v) is 11.4. The summed E-state index contributed by atoms with van der Waals surface area (Å²) in [6.45, 7) is 1.44. The summed E-state index contributed by atoms with van der Waals surface area (Å²) in [6.07, 6.45) is 8.20. The van der Waals surface area contributed by atoms with E-state index in [1.54, 1.807) is 0 Å². The third-order valence-electron chi connectivity index (χ3n) is 6.88. The van der Waals surface area contributed by atoms with Crippen molar-refractivity contribution in [3.63, 3.8) is 0 Å². The summed E-state index contributed by atoms with van der Waals surface area (Å²) in [5.41, 5.74) is 1.50. The van der Waals surface area contributed by atoms with Crippen LogP contribution in [0.1, 0.15) is 67.3 Å². The van der Waals surface area contributed by atoms with E-state index in [1.165, 1.54) is 5.56 Å². The molecule has 1 heterocycles. The molecule has 4 nitrogen and oxygen atoms in total. The van der Waals surface area contributed by atoms with Crippen molar-refractivity contribution in [2.24, 2.45) is 0 Å². The number of amides is 2. The Morgan fingerprint density at radius 2 is 1.57 bits per heavy atom. The minimum Gasteiger partial charge on any atom is -0.352 e. The summed E-state index contributed by atoms with van der Waals surface area (Å²) < 4.78 is 0. The number of likely N-dealkylation sites (tertiary alicyclic amines) is 1. The van der Waals surface area contributed by atoms with E-state index in [0.717, 1.165) is 57.9 Å². The second kappa shape index (κ2) is 9.46. The fraction of sp³-hybridized carbons (Fsp3) is 0.462. The van der Waals surface area contributed by atoms with E-state index < -0.39 is 0 Å². The van der Waals surface area contributed by atoms with Crippen molar-refractivity contribution < 1.29 is 9.59 Å². The second-order valence-corrected chi connectivity index (χ2v) is 8.71. The molecule has 0 bridgehead atoms. The van der Waals surface area contributed by atoms with Crippen LogP contribution in [0.3, 0.4) is 0 Å². The number of nitrogens with one attached hydrogen (secondary N) is 1. The highest BCUT2D eigenvalue weighted by Crippen LogP contribution is 2.43. The average Bonchev–Trinajstić information content (AvgIpc) is 3.31.